The van der Waals surface area contributed by atoms with E-state index in [-0.39, 0.29) is 33.6 Å². The number of Topliss-reactive ketones (excluding diaryl/α,β-unsaturated/α-hetero) is 1. The number of thioether (sulfide) groups is 1. The maximum atomic E-state index is 13.0. The Kier molecular flexibility index (Phi) is 6.10. The number of unbranched alkanes of at least 4 members (excludes halogenated alkanes) is 3. The summed E-state index contributed by atoms with van der Waals surface area (Å²) in [5.74, 6) is -1.76. The van der Waals surface area contributed by atoms with Gasteiger partial charge in [-0.3, -0.25) is 9.59 Å². The van der Waals surface area contributed by atoms with Gasteiger partial charge in [0.25, 0.3) is 0 Å². The summed E-state index contributed by atoms with van der Waals surface area (Å²) in [4.78, 5) is 25.8. The van der Waals surface area contributed by atoms with E-state index < -0.39 is 40.9 Å². The van der Waals surface area contributed by atoms with E-state index in [0.29, 0.717) is 5.75 Å². The number of hydrogen-bond donors (Lipinski definition) is 5. The molecule has 0 heterocycles. The van der Waals surface area contributed by atoms with Gasteiger partial charge in [0.1, 0.15) is 23.7 Å². The fraction of sp³-hybridized carbons (Fsp3) is 0.524. The highest BCUT2D eigenvalue weighted by Crippen LogP contribution is 2.49. The zero-order valence-corrected chi connectivity index (χ0v) is 17.3. The second-order valence-electron chi connectivity index (χ2n) is 7.87. The van der Waals surface area contributed by atoms with E-state index in [1.165, 1.54) is 18.7 Å². The van der Waals surface area contributed by atoms with Crippen LogP contribution in [0.5, 0.6) is 11.5 Å². The van der Waals surface area contributed by atoms with Crippen molar-refractivity contribution >= 4 is 23.3 Å². The first-order chi connectivity index (χ1) is 13.6. The maximum Gasteiger partial charge on any atom is 0.204 e. The van der Waals surface area contributed by atoms with Crippen LogP contribution in [0.25, 0.3) is 0 Å². The summed E-state index contributed by atoms with van der Waals surface area (Å²) >= 11 is 1.24. The number of aliphatic hydroxyl groups is 3. The Labute approximate surface area is 173 Å². The van der Waals surface area contributed by atoms with Crippen molar-refractivity contribution in [3.8, 4) is 11.5 Å². The molecule has 0 saturated carbocycles. The van der Waals surface area contributed by atoms with Crippen molar-refractivity contribution in [3.05, 3.63) is 33.2 Å². The Morgan fingerprint density at radius 1 is 1.10 bits per heavy atom. The second kappa shape index (κ2) is 8.10. The van der Waals surface area contributed by atoms with Crippen LogP contribution in [0.1, 0.15) is 77.5 Å². The standard InChI is InChI=1S/C21H26O7S/c1-3-4-5-6-7-29-12-8-11(22)14-15(17(12)24)16(23)10-9-21(2,28)20(27)19(26)13(10)18(14)25/h8,19-20,23,25-28H,3-7,9H2,1-2H3. The molecule has 7 nitrogen and oxygen atoms in total. The van der Waals surface area contributed by atoms with Crippen LogP contribution in [0.2, 0.25) is 0 Å². The fourth-order valence-electron chi connectivity index (χ4n) is 3.91. The van der Waals surface area contributed by atoms with Crippen LogP contribution in [0, 0.1) is 0 Å². The predicted octanol–water partition coefficient (Wildman–Crippen LogP) is 2.38. The van der Waals surface area contributed by atoms with Crippen molar-refractivity contribution in [1.29, 1.82) is 0 Å². The van der Waals surface area contributed by atoms with Crippen LogP contribution in [0.4, 0.5) is 0 Å². The van der Waals surface area contributed by atoms with Gasteiger partial charge >= 0.3 is 0 Å². The van der Waals surface area contributed by atoms with Crippen LogP contribution < -0.4 is 0 Å². The molecule has 0 bridgehead atoms. The zero-order valence-electron chi connectivity index (χ0n) is 16.4. The molecular weight excluding hydrogens is 396 g/mol. The lowest BCUT2D eigenvalue weighted by Crippen LogP contribution is -2.48. The van der Waals surface area contributed by atoms with Gasteiger partial charge in [-0.15, -0.1) is 11.8 Å². The van der Waals surface area contributed by atoms with Gasteiger partial charge in [-0.1, -0.05) is 26.2 Å². The van der Waals surface area contributed by atoms with E-state index in [9.17, 15) is 35.1 Å². The number of allylic oxidation sites excluding steroid dienone is 2. The van der Waals surface area contributed by atoms with E-state index in [0.717, 1.165) is 31.8 Å². The third kappa shape index (κ3) is 3.70. The topological polar surface area (TPSA) is 135 Å². The van der Waals surface area contributed by atoms with E-state index in [4.69, 9.17) is 0 Å². The third-order valence-corrected chi connectivity index (χ3v) is 6.68. The van der Waals surface area contributed by atoms with E-state index in [1.807, 2.05) is 0 Å². The average molecular weight is 422 g/mol. The second-order valence-corrected chi connectivity index (χ2v) is 9.01. The number of carbonyl (C=O) groups is 2. The van der Waals surface area contributed by atoms with Gasteiger partial charge in [0.15, 0.2) is 5.78 Å². The number of aromatic hydroxyl groups is 2. The number of fused-ring (bicyclic) bond motifs is 2. The van der Waals surface area contributed by atoms with Gasteiger partial charge in [-0.05, 0) is 19.1 Å². The molecule has 2 aliphatic rings. The highest BCUT2D eigenvalue weighted by atomic mass is 32.2. The van der Waals surface area contributed by atoms with Crippen LogP contribution >= 0.6 is 11.8 Å². The Morgan fingerprint density at radius 3 is 2.45 bits per heavy atom. The molecule has 29 heavy (non-hydrogen) atoms. The molecular formula is C21H26O7S. The number of aliphatic hydroxyl groups excluding tert-OH is 2. The summed E-state index contributed by atoms with van der Waals surface area (Å²) in [6.45, 7) is 3.38. The van der Waals surface area contributed by atoms with Gasteiger partial charge in [0, 0.05) is 23.6 Å². The lowest BCUT2D eigenvalue weighted by atomic mass is 9.74. The van der Waals surface area contributed by atoms with Crippen LogP contribution in [0.15, 0.2) is 11.0 Å². The van der Waals surface area contributed by atoms with Crippen LogP contribution in [0.3, 0.4) is 0 Å². The molecule has 1 aromatic rings. The minimum Gasteiger partial charge on any atom is -0.507 e. The van der Waals surface area contributed by atoms with Crippen molar-refractivity contribution in [2.75, 3.05) is 5.75 Å². The van der Waals surface area contributed by atoms with Crippen molar-refractivity contribution < 1.29 is 35.1 Å². The van der Waals surface area contributed by atoms with Gasteiger partial charge in [0.2, 0.25) is 5.78 Å². The largest absolute Gasteiger partial charge is 0.507 e. The van der Waals surface area contributed by atoms with E-state index >= 15 is 0 Å². The summed E-state index contributed by atoms with van der Waals surface area (Å²) < 4.78 is 0. The minimum atomic E-state index is -1.78. The molecule has 0 aromatic heterocycles. The van der Waals surface area contributed by atoms with E-state index in [1.54, 1.807) is 0 Å². The monoisotopic (exact) mass is 422 g/mol. The van der Waals surface area contributed by atoms with Gasteiger partial charge in [-0.25, -0.2) is 0 Å². The molecule has 0 radical (unpaired) electrons. The Balaban J connectivity index is 2.01. The number of benzene rings is 1. The van der Waals surface area contributed by atoms with Crippen molar-refractivity contribution in [2.24, 2.45) is 0 Å². The first-order valence-corrected chi connectivity index (χ1v) is 10.7. The van der Waals surface area contributed by atoms with E-state index in [2.05, 4.69) is 6.92 Å². The molecule has 0 saturated heterocycles. The van der Waals surface area contributed by atoms with Crippen molar-refractivity contribution in [3.63, 3.8) is 0 Å². The molecule has 158 valence electrons. The molecule has 3 rings (SSSR count). The molecule has 3 unspecified atom stereocenters. The first-order valence-electron chi connectivity index (χ1n) is 9.74. The summed E-state index contributed by atoms with van der Waals surface area (Å²) in [7, 11) is 0. The highest BCUT2D eigenvalue weighted by molar-refractivity contribution is 8.04. The maximum absolute atomic E-state index is 13.0. The van der Waals surface area contributed by atoms with Crippen molar-refractivity contribution in [1.82, 2.24) is 0 Å². The first kappa shape index (κ1) is 21.8. The van der Waals surface area contributed by atoms with Crippen molar-refractivity contribution in [2.45, 2.75) is 63.8 Å². The van der Waals surface area contributed by atoms with Crippen LogP contribution in [-0.4, -0.2) is 54.6 Å². The summed E-state index contributed by atoms with van der Waals surface area (Å²) in [6, 6.07) is 0. The number of ketones is 2. The predicted molar refractivity (Wildman–Crippen MR) is 108 cm³/mol. The number of hydrogen-bond acceptors (Lipinski definition) is 8. The summed E-state index contributed by atoms with van der Waals surface area (Å²) in [5.41, 5.74) is -2.75. The lowest BCUT2D eigenvalue weighted by Gasteiger charge is -2.39. The minimum absolute atomic E-state index is 0.0422. The average Bonchev–Trinajstić information content (AvgIpc) is 2.65. The number of rotatable bonds is 6. The Morgan fingerprint density at radius 2 is 1.79 bits per heavy atom. The van der Waals surface area contributed by atoms with Gasteiger partial charge < -0.3 is 25.5 Å². The molecule has 1 aromatic carbocycles. The zero-order chi connectivity index (χ0) is 21.5. The molecule has 0 aliphatic heterocycles. The summed E-state index contributed by atoms with van der Waals surface area (Å²) in [6.07, 6.45) is 1.58. The lowest BCUT2D eigenvalue weighted by molar-refractivity contribution is -0.126. The highest BCUT2D eigenvalue weighted by Gasteiger charge is 2.47. The number of carbonyl (C=O) groups excluding carboxylic acids is 2. The molecule has 0 fully saturated rings. The SMILES string of the molecule is CCCCCCSC1=CC(=O)c2c(O)c3c(c(O)c2C1=O)CC(C)(O)C(O)C3O. The number of phenolic OH excluding ortho intramolecular Hbond substituents is 2. The molecule has 5 N–H and O–H groups in total. The smallest absolute Gasteiger partial charge is 0.204 e. The number of phenols is 2. The third-order valence-electron chi connectivity index (χ3n) is 5.57. The fourth-order valence-corrected chi connectivity index (χ4v) is 4.90. The quantitative estimate of drug-likeness (QED) is 0.348. The summed E-state index contributed by atoms with van der Waals surface area (Å²) in [5, 5.41) is 52.3. The van der Waals surface area contributed by atoms with Crippen LogP contribution in [-0.2, 0) is 6.42 Å². The molecule has 0 spiro atoms. The molecule has 3 atom stereocenters. The van der Waals surface area contributed by atoms with Gasteiger partial charge in [0.05, 0.1) is 21.6 Å². The normalized spacial score (nSPS) is 26.2. The Bertz CT molecular complexity index is 888. The van der Waals surface area contributed by atoms with Gasteiger partial charge in [-0.2, -0.15) is 0 Å². The Hall–Kier alpha value is -1.87. The molecule has 0 amide bonds. The molecule has 8 heteroatoms. The molecule has 2 aliphatic carbocycles.